The summed E-state index contributed by atoms with van der Waals surface area (Å²) in [5, 5.41) is 0. The molecule has 0 atom stereocenters. The van der Waals surface area contributed by atoms with Crippen LogP contribution in [0.15, 0.2) is 14.7 Å². The van der Waals surface area contributed by atoms with Gasteiger partial charge in [-0.25, -0.2) is 13.1 Å². The van der Waals surface area contributed by atoms with E-state index < -0.39 is 15.6 Å². The summed E-state index contributed by atoms with van der Waals surface area (Å²) in [5.41, 5.74) is 5.96. The molecule has 0 radical (unpaired) electrons. The smallest absolute Gasteiger partial charge is 0.241 e. The fourth-order valence-electron chi connectivity index (χ4n) is 2.62. The van der Waals surface area contributed by atoms with E-state index in [1.165, 1.54) is 24.2 Å². The van der Waals surface area contributed by atoms with Gasteiger partial charge in [-0.3, -0.25) is 0 Å². The quantitative estimate of drug-likeness (QED) is 0.787. The van der Waals surface area contributed by atoms with Crippen molar-refractivity contribution >= 4 is 37.3 Å². The number of halogens is 1. The van der Waals surface area contributed by atoms with Crippen molar-refractivity contribution in [3.8, 4) is 0 Å². The zero-order valence-electron chi connectivity index (χ0n) is 11.6. The van der Waals surface area contributed by atoms with E-state index in [-0.39, 0.29) is 0 Å². The Bertz CT molecular complexity index is 561. The van der Waals surface area contributed by atoms with Gasteiger partial charge in [-0.1, -0.05) is 25.7 Å². The van der Waals surface area contributed by atoms with E-state index in [1.54, 1.807) is 6.07 Å². The third kappa shape index (κ3) is 4.04. The van der Waals surface area contributed by atoms with Gasteiger partial charge in [-0.2, -0.15) is 0 Å². The van der Waals surface area contributed by atoms with Crippen LogP contribution in [0.2, 0.25) is 0 Å². The number of nitrogens with one attached hydrogen (secondary N) is 1. The molecule has 2 rings (SSSR count). The molecule has 0 spiro atoms. The van der Waals surface area contributed by atoms with Crippen LogP contribution in [0.5, 0.6) is 0 Å². The van der Waals surface area contributed by atoms with Crippen molar-refractivity contribution in [2.24, 2.45) is 5.73 Å². The summed E-state index contributed by atoms with van der Waals surface area (Å²) < 4.78 is 28.2. The van der Waals surface area contributed by atoms with Crippen LogP contribution in [0.1, 0.15) is 43.4 Å². The monoisotopic (exact) mass is 380 g/mol. The lowest BCUT2D eigenvalue weighted by atomic mass is 9.92. The lowest BCUT2D eigenvalue weighted by Gasteiger charge is -2.28. The molecule has 1 aliphatic rings. The molecular formula is C13H21BrN2O2S2. The Balaban J connectivity index is 2.07. The van der Waals surface area contributed by atoms with Crippen molar-refractivity contribution in [2.45, 2.75) is 55.9 Å². The van der Waals surface area contributed by atoms with Gasteiger partial charge < -0.3 is 5.73 Å². The molecule has 0 saturated heterocycles. The van der Waals surface area contributed by atoms with Crippen LogP contribution in [-0.4, -0.2) is 20.5 Å². The first-order valence-electron chi connectivity index (χ1n) is 6.87. The molecule has 0 bridgehead atoms. The third-order valence-corrected chi connectivity index (χ3v) is 7.06. The van der Waals surface area contributed by atoms with Crippen molar-refractivity contribution in [1.82, 2.24) is 4.72 Å². The molecule has 0 amide bonds. The summed E-state index contributed by atoms with van der Waals surface area (Å²) in [4.78, 5) is 1.14. The Labute approximate surface area is 133 Å². The molecule has 0 unspecified atom stereocenters. The summed E-state index contributed by atoms with van der Waals surface area (Å²) in [5.74, 6) is 0. The first kappa shape index (κ1) is 16.4. The van der Waals surface area contributed by atoms with Crippen LogP contribution < -0.4 is 10.5 Å². The molecule has 3 N–H and O–H groups in total. The predicted octanol–water partition coefficient (Wildman–Crippen LogP) is 3.15. The highest BCUT2D eigenvalue weighted by molar-refractivity contribution is 9.11. The summed E-state index contributed by atoms with van der Waals surface area (Å²) >= 11 is 4.75. The largest absolute Gasteiger partial charge is 0.324 e. The fraction of sp³-hybridized carbons (Fsp3) is 0.692. The van der Waals surface area contributed by atoms with E-state index in [2.05, 4.69) is 20.7 Å². The molecule has 1 fully saturated rings. The first-order valence-corrected chi connectivity index (χ1v) is 9.96. The molecule has 0 aliphatic heterocycles. The summed E-state index contributed by atoms with van der Waals surface area (Å²) in [6, 6.07) is 1.65. The van der Waals surface area contributed by atoms with Gasteiger partial charge in [0.05, 0.1) is 8.68 Å². The Morgan fingerprint density at radius 2 is 1.95 bits per heavy atom. The molecule has 20 heavy (non-hydrogen) atoms. The van der Waals surface area contributed by atoms with Gasteiger partial charge in [0.15, 0.2) is 0 Å². The summed E-state index contributed by atoms with van der Waals surface area (Å²) in [6.07, 6.45) is 6.34. The number of hydrogen-bond acceptors (Lipinski definition) is 4. The van der Waals surface area contributed by atoms with Gasteiger partial charge in [0.25, 0.3) is 0 Å². The lowest BCUT2D eigenvalue weighted by Crippen LogP contribution is -2.49. The molecular weight excluding hydrogens is 360 g/mol. The van der Waals surface area contributed by atoms with Gasteiger partial charge in [-0.15, -0.1) is 11.3 Å². The molecule has 0 aromatic carbocycles. The maximum atomic E-state index is 12.4. The maximum Gasteiger partial charge on any atom is 0.241 e. The molecule has 1 aliphatic carbocycles. The van der Waals surface area contributed by atoms with Crippen LogP contribution in [-0.2, 0) is 10.0 Å². The molecule has 114 valence electrons. The average Bonchev–Trinajstić information content (AvgIpc) is 2.59. The highest BCUT2D eigenvalue weighted by atomic mass is 79.9. The Morgan fingerprint density at radius 3 is 2.45 bits per heavy atom. The highest BCUT2D eigenvalue weighted by Gasteiger charge is 2.29. The molecule has 4 nitrogen and oxygen atoms in total. The first-order chi connectivity index (χ1) is 9.32. The minimum absolute atomic E-state index is 0.322. The Kier molecular flexibility index (Phi) is 5.29. The molecule has 1 aromatic rings. The zero-order chi connectivity index (χ0) is 14.8. The number of rotatable bonds is 4. The lowest BCUT2D eigenvalue weighted by molar-refractivity contribution is 0.369. The second-order valence-electron chi connectivity index (χ2n) is 5.57. The van der Waals surface area contributed by atoms with E-state index in [0.717, 1.165) is 34.3 Å². The van der Waals surface area contributed by atoms with Crippen LogP contribution in [0.4, 0.5) is 0 Å². The molecule has 7 heteroatoms. The number of hydrogen-bond donors (Lipinski definition) is 2. The SMILES string of the molecule is Cc1sc(Br)cc1S(=O)(=O)NCC1(N)CCCCCC1. The van der Waals surface area contributed by atoms with Gasteiger partial charge in [0.2, 0.25) is 10.0 Å². The van der Waals surface area contributed by atoms with Crippen molar-refractivity contribution in [1.29, 1.82) is 0 Å². The van der Waals surface area contributed by atoms with Crippen molar-refractivity contribution < 1.29 is 8.42 Å². The molecule has 1 heterocycles. The summed E-state index contributed by atoms with van der Waals surface area (Å²) in [6.45, 7) is 2.14. The minimum atomic E-state index is -3.47. The molecule has 1 saturated carbocycles. The number of thiophene rings is 1. The van der Waals surface area contributed by atoms with E-state index >= 15 is 0 Å². The predicted molar refractivity (Wildman–Crippen MR) is 86.6 cm³/mol. The van der Waals surface area contributed by atoms with Crippen LogP contribution in [0, 0.1) is 6.92 Å². The third-order valence-electron chi connectivity index (χ3n) is 3.85. The standard InChI is InChI=1S/C13H21BrN2O2S2/c1-10-11(8-12(14)19-10)20(17,18)16-9-13(15)6-4-2-3-5-7-13/h8,16H,2-7,9,15H2,1H3. The maximum absolute atomic E-state index is 12.4. The van der Waals surface area contributed by atoms with Crippen molar-refractivity contribution in [2.75, 3.05) is 6.54 Å². The average molecular weight is 381 g/mol. The van der Waals surface area contributed by atoms with Gasteiger partial charge >= 0.3 is 0 Å². The summed E-state index contributed by atoms with van der Waals surface area (Å²) in [7, 11) is -3.47. The number of sulfonamides is 1. The Hall–Kier alpha value is 0.0500. The molecule has 1 aromatic heterocycles. The Morgan fingerprint density at radius 1 is 1.35 bits per heavy atom. The van der Waals surface area contributed by atoms with E-state index in [0.29, 0.717) is 11.4 Å². The topological polar surface area (TPSA) is 72.2 Å². The van der Waals surface area contributed by atoms with Crippen LogP contribution in [0.3, 0.4) is 0 Å². The minimum Gasteiger partial charge on any atom is -0.324 e. The van der Waals surface area contributed by atoms with Crippen molar-refractivity contribution in [3.05, 3.63) is 14.7 Å². The van der Waals surface area contributed by atoms with Gasteiger partial charge in [0, 0.05) is 17.0 Å². The van der Waals surface area contributed by atoms with Gasteiger partial charge in [-0.05, 0) is 41.8 Å². The normalized spacial score (nSPS) is 19.8. The second-order valence-corrected chi connectivity index (χ2v) is 9.94. The zero-order valence-corrected chi connectivity index (χ0v) is 14.8. The van der Waals surface area contributed by atoms with Crippen LogP contribution in [0.25, 0.3) is 0 Å². The fourth-order valence-corrected chi connectivity index (χ4v) is 6.17. The number of aryl methyl sites for hydroxylation is 1. The van der Waals surface area contributed by atoms with Crippen molar-refractivity contribution in [3.63, 3.8) is 0 Å². The second kappa shape index (κ2) is 6.44. The van der Waals surface area contributed by atoms with E-state index in [4.69, 9.17) is 5.73 Å². The van der Waals surface area contributed by atoms with Gasteiger partial charge in [0.1, 0.15) is 0 Å². The van der Waals surface area contributed by atoms with E-state index in [1.807, 2.05) is 6.92 Å². The highest BCUT2D eigenvalue weighted by Crippen LogP contribution is 2.30. The van der Waals surface area contributed by atoms with E-state index in [9.17, 15) is 8.42 Å². The number of nitrogens with two attached hydrogens (primary N) is 1. The van der Waals surface area contributed by atoms with Crippen LogP contribution >= 0.6 is 27.3 Å².